The summed E-state index contributed by atoms with van der Waals surface area (Å²) in [6.07, 6.45) is 2.03. The Morgan fingerprint density at radius 3 is 2.43 bits per heavy atom. The Morgan fingerprint density at radius 1 is 1.17 bits per heavy atom. The molecular formula is C14H25IN4O2S2. The maximum Gasteiger partial charge on any atom is 0.213 e. The van der Waals surface area contributed by atoms with Crippen LogP contribution in [-0.4, -0.2) is 52.3 Å². The molecule has 0 radical (unpaired) electrons. The van der Waals surface area contributed by atoms with E-state index >= 15 is 0 Å². The third-order valence-corrected chi connectivity index (χ3v) is 4.76. The zero-order chi connectivity index (χ0) is 16.3. The highest BCUT2D eigenvalue weighted by Gasteiger charge is 2.10. The van der Waals surface area contributed by atoms with Gasteiger partial charge in [-0.05, 0) is 11.8 Å². The lowest BCUT2D eigenvalue weighted by Crippen LogP contribution is -2.41. The molecule has 0 atom stereocenters. The quantitative estimate of drug-likeness (QED) is 0.218. The SMILES string of the molecule is CN=C(NCCSC)NCCS(=O)(=O)NCc1ccccc1.I. The van der Waals surface area contributed by atoms with Crippen molar-refractivity contribution in [3.63, 3.8) is 0 Å². The molecular weight excluding hydrogens is 447 g/mol. The van der Waals surface area contributed by atoms with Crippen LogP contribution in [0, 0.1) is 0 Å². The second-order valence-corrected chi connectivity index (χ2v) is 7.46. The third kappa shape index (κ3) is 10.8. The largest absolute Gasteiger partial charge is 0.356 e. The second-order valence-electron chi connectivity index (χ2n) is 4.54. The fraction of sp³-hybridized carbons (Fsp3) is 0.500. The van der Waals surface area contributed by atoms with Crippen molar-refractivity contribution in [2.75, 3.05) is 37.9 Å². The maximum atomic E-state index is 11.9. The molecule has 0 fully saturated rings. The number of nitrogens with zero attached hydrogens (tertiary/aromatic N) is 1. The molecule has 0 spiro atoms. The topological polar surface area (TPSA) is 82.6 Å². The third-order valence-electron chi connectivity index (χ3n) is 2.82. The molecule has 1 aromatic rings. The number of hydrogen-bond acceptors (Lipinski definition) is 4. The summed E-state index contributed by atoms with van der Waals surface area (Å²) >= 11 is 1.74. The van der Waals surface area contributed by atoms with E-state index in [1.54, 1.807) is 18.8 Å². The number of thioether (sulfide) groups is 1. The zero-order valence-corrected chi connectivity index (χ0v) is 17.4. The lowest BCUT2D eigenvalue weighted by molar-refractivity contribution is 0.580. The summed E-state index contributed by atoms with van der Waals surface area (Å²) in [6.45, 7) is 1.41. The Balaban J connectivity index is 0.00000484. The number of nitrogens with one attached hydrogen (secondary N) is 3. The number of hydrogen-bond donors (Lipinski definition) is 3. The molecule has 9 heteroatoms. The first kappa shape index (κ1) is 22.5. The monoisotopic (exact) mass is 472 g/mol. The van der Waals surface area contributed by atoms with Gasteiger partial charge in [-0.25, -0.2) is 13.1 Å². The van der Waals surface area contributed by atoms with E-state index in [9.17, 15) is 8.42 Å². The van der Waals surface area contributed by atoms with Crippen LogP contribution in [0.1, 0.15) is 5.56 Å². The molecule has 0 amide bonds. The average molecular weight is 472 g/mol. The van der Waals surface area contributed by atoms with Gasteiger partial charge in [-0.1, -0.05) is 30.3 Å². The van der Waals surface area contributed by atoms with Gasteiger partial charge in [0.1, 0.15) is 0 Å². The molecule has 0 unspecified atom stereocenters. The van der Waals surface area contributed by atoms with Crippen LogP contribution < -0.4 is 15.4 Å². The zero-order valence-electron chi connectivity index (χ0n) is 13.4. The summed E-state index contributed by atoms with van der Waals surface area (Å²) in [5, 5.41) is 6.11. The molecule has 0 bridgehead atoms. The minimum absolute atomic E-state index is 0. The molecule has 0 aliphatic heterocycles. The summed E-state index contributed by atoms with van der Waals surface area (Å²) in [6, 6.07) is 9.44. The summed E-state index contributed by atoms with van der Waals surface area (Å²) in [5.41, 5.74) is 0.938. The van der Waals surface area contributed by atoms with E-state index < -0.39 is 10.0 Å². The fourth-order valence-corrected chi connectivity index (χ4v) is 2.87. The predicted molar refractivity (Wildman–Crippen MR) is 110 cm³/mol. The Bertz CT molecular complexity index is 553. The minimum Gasteiger partial charge on any atom is -0.356 e. The lowest BCUT2D eigenvalue weighted by Gasteiger charge is -2.12. The molecule has 0 aromatic heterocycles. The minimum atomic E-state index is -3.31. The molecule has 6 nitrogen and oxygen atoms in total. The van der Waals surface area contributed by atoms with E-state index in [0.717, 1.165) is 17.9 Å². The Morgan fingerprint density at radius 2 is 1.83 bits per heavy atom. The lowest BCUT2D eigenvalue weighted by atomic mass is 10.2. The van der Waals surface area contributed by atoms with Gasteiger partial charge in [0.05, 0.1) is 5.75 Å². The van der Waals surface area contributed by atoms with E-state index in [2.05, 4.69) is 20.3 Å². The number of halogens is 1. The van der Waals surface area contributed by atoms with E-state index in [0.29, 0.717) is 19.0 Å². The number of benzene rings is 1. The normalized spacial score (nSPS) is 11.7. The number of sulfonamides is 1. The van der Waals surface area contributed by atoms with Gasteiger partial charge in [-0.3, -0.25) is 4.99 Å². The van der Waals surface area contributed by atoms with Crippen molar-refractivity contribution >= 4 is 51.7 Å². The van der Waals surface area contributed by atoms with Gasteiger partial charge in [-0.15, -0.1) is 24.0 Å². The number of rotatable bonds is 9. The average Bonchev–Trinajstić information content (AvgIpc) is 2.52. The highest BCUT2D eigenvalue weighted by atomic mass is 127. The summed E-state index contributed by atoms with van der Waals surface area (Å²) < 4.78 is 26.4. The first-order chi connectivity index (χ1) is 10.6. The van der Waals surface area contributed by atoms with E-state index in [1.165, 1.54) is 0 Å². The van der Waals surface area contributed by atoms with Crippen LogP contribution in [0.2, 0.25) is 0 Å². The smallest absolute Gasteiger partial charge is 0.213 e. The standard InChI is InChI=1S/C14H24N4O2S2.HI/c1-15-14(16-8-10-21-2)17-9-11-22(19,20)18-12-13-6-4-3-5-7-13;/h3-7,18H,8-12H2,1-2H3,(H2,15,16,17);1H. The van der Waals surface area contributed by atoms with Gasteiger partial charge >= 0.3 is 0 Å². The van der Waals surface area contributed by atoms with Crippen LogP contribution in [0.15, 0.2) is 35.3 Å². The van der Waals surface area contributed by atoms with Gasteiger partial charge < -0.3 is 10.6 Å². The highest BCUT2D eigenvalue weighted by molar-refractivity contribution is 14.0. The molecule has 132 valence electrons. The first-order valence-corrected chi connectivity index (χ1v) is 10.1. The van der Waals surface area contributed by atoms with Crippen molar-refractivity contribution in [3.05, 3.63) is 35.9 Å². The van der Waals surface area contributed by atoms with Crippen molar-refractivity contribution < 1.29 is 8.42 Å². The van der Waals surface area contributed by atoms with Crippen molar-refractivity contribution in [3.8, 4) is 0 Å². The Hall–Kier alpha value is -0.520. The molecule has 1 aromatic carbocycles. The van der Waals surface area contributed by atoms with E-state index in [4.69, 9.17) is 0 Å². The second kappa shape index (κ2) is 12.8. The summed E-state index contributed by atoms with van der Waals surface area (Å²) in [7, 11) is -1.64. The van der Waals surface area contributed by atoms with Crippen LogP contribution in [0.25, 0.3) is 0 Å². The summed E-state index contributed by atoms with van der Waals surface area (Å²) in [5.74, 6) is 1.59. The van der Waals surface area contributed by atoms with Crippen LogP contribution in [-0.2, 0) is 16.6 Å². The van der Waals surface area contributed by atoms with Gasteiger partial charge in [0.25, 0.3) is 0 Å². The maximum absolute atomic E-state index is 11.9. The van der Waals surface area contributed by atoms with Crippen LogP contribution in [0.3, 0.4) is 0 Å². The number of guanidine groups is 1. The first-order valence-electron chi connectivity index (χ1n) is 7.02. The van der Waals surface area contributed by atoms with Gasteiger partial charge in [0.2, 0.25) is 10.0 Å². The Labute approximate surface area is 160 Å². The summed E-state index contributed by atoms with van der Waals surface area (Å²) in [4.78, 5) is 4.04. The molecule has 23 heavy (non-hydrogen) atoms. The Kier molecular flexibility index (Phi) is 12.6. The van der Waals surface area contributed by atoms with Crippen LogP contribution >= 0.6 is 35.7 Å². The van der Waals surface area contributed by atoms with Crippen molar-refractivity contribution in [1.29, 1.82) is 0 Å². The van der Waals surface area contributed by atoms with Gasteiger partial charge in [0.15, 0.2) is 5.96 Å². The molecule has 0 heterocycles. The number of aliphatic imine (C=N–C) groups is 1. The van der Waals surface area contributed by atoms with Gasteiger partial charge in [-0.2, -0.15) is 11.8 Å². The molecule has 0 saturated carbocycles. The predicted octanol–water partition coefficient (Wildman–Crippen LogP) is 1.25. The van der Waals surface area contributed by atoms with Crippen molar-refractivity contribution in [1.82, 2.24) is 15.4 Å². The molecule has 0 aliphatic carbocycles. The molecule has 0 saturated heterocycles. The van der Waals surface area contributed by atoms with Gasteiger partial charge in [0, 0.05) is 32.4 Å². The highest BCUT2D eigenvalue weighted by Crippen LogP contribution is 1.98. The van der Waals surface area contributed by atoms with E-state index in [-0.39, 0.29) is 29.7 Å². The van der Waals surface area contributed by atoms with Crippen LogP contribution in [0.5, 0.6) is 0 Å². The molecule has 1 rings (SSSR count). The molecule has 3 N–H and O–H groups in total. The van der Waals surface area contributed by atoms with E-state index in [1.807, 2.05) is 36.6 Å². The van der Waals surface area contributed by atoms with Crippen molar-refractivity contribution in [2.45, 2.75) is 6.54 Å². The molecule has 0 aliphatic rings. The fourth-order valence-electron chi connectivity index (χ4n) is 1.66. The van der Waals surface area contributed by atoms with Crippen molar-refractivity contribution in [2.24, 2.45) is 4.99 Å². The van der Waals surface area contributed by atoms with Crippen LogP contribution in [0.4, 0.5) is 0 Å².